The zero-order valence-electron chi connectivity index (χ0n) is 9.68. The second kappa shape index (κ2) is 4.23. The van der Waals surface area contributed by atoms with Gasteiger partial charge in [0.25, 0.3) is 0 Å². The van der Waals surface area contributed by atoms with E-state index in [0.717, 1.165) is 30.7 Å². The summed E-state index contributed by atoms with van der Waals surface area (Å²) in [7, 11) is 0. The van der Waals surface area contributed by atoms with E-state index < -0.39 is 5.97 Å². The van der Waals surface area contributed by atoms with Gasteiger partial charge >= 0.3 is 5.97 Å². The fourth-order valence-electron chi connectivity index (χ4n) is 2.30. The summed E-state index contributed by atoms with van der Waals surface area (Å²) >= 11 is 0. The van der Waals surface area contributed by atoms with Crippen molar-refractivity contribution in [3.8, 4) is 0 Å². The van der Waals surface area contributed by atoms with Crippen molar-refractivity contribution in [1.82, 2.24) is 15.0 Å². The van der Waals surface area contributed by atoms with Crippen LogP contribution in [0.4, 0.5) is 0 Å². The average Bonchev–Trinajstić information content (AvgIpc) is 2.59. The van der Waals surface area contributed by atoms with E-state index in [2.05, 4.69) is 24.2 Å². The van der Waals surface area contributed by atoms with E-state index in [4.69, 9.17) is 5.11 Å². The molecule has 2 rings (SSSR count). The van der Waals surface area contributed by atoms with E-state index in [1.165, 1.54) is 0 Å². The highest BCUT2D eigenvalue weighted by atomic mass is 16.4. The van der Waals surface area contributed by atoms with Crippen molar-refractivity contribution in [1.29, 1.82) is 0 Å². The molecule has 1 aromatic rings. The fraction of sp³-hybridized carbons (Fsp3) is 0.727. The Morgan fingerprint density at radius 3 is 3.00 bits per heavy atom. The molecule has 16 heavy (non-hydrogen) atoms. The highest BCUT2D eigenvalue weighted by Crippen LogP contribution is 2.27. The molecule has 0 aromatic carbocycles. The van der Waals surface area contributed by atoms with Crippen molar-refractivity contribution < 1.29 is 9.90 Å². The quantitative estimate of drug-likeness (QED) is 0.841. The predicted molar refractivity (Wildman–Crippen MR) is 58.2 cm³/mol. The van der Waals surface area contributed by atoms with E-state index in [1.54, 1.807) is 0 Å². The molecule has 0 saturated carbocycles. The second-order valence-electron chi connectivity index (χ2n) is 4.73. The molecule has 5 heteroatoms. The Morgan fingerprint density at radius 1 is 1.62 bits per heavy atom. The summed E-state index contributed by atoms with van der Waals surface area (Å²) < 4.78 is 1.92. The molecule has 1 atom stereocenters. The Balaban J connectivity index is 2.17. The van der Waals surface area contributed by atoms with E-state index in [-0.39, 0.29) is 12.3 Å². The van der Waals surface area contributed by atoms with Crippen LogP contribution in [-0.2, 0) is 17.6 Å². The van der Waals surface area contributed by atoms with E-state index in [0.29, 0.717) is 6.04 Å². The average molecular weight is 223 g/mol. The summed E-state index contributed by atoms with van der Waals surface area (Å²) in [5.74, 6) is -0.474. The predicted octanol–water partition coefficient (Wildman–Crippen LogP) is 1.44. The van der Waals surface area contributed by atoms with Crippen molar-refractivity contribution in [3.63, 3.8) is 0 Å². The number of fused-ring (bicyclic) bond motifs is 1. The normalized spacial score (nSPS) is 19.8. The molecule has 0 fully saturated rings. The van der Waals surface area contributed by atoms with Gasteiger partial charge in [-0.25, -0.2) is 4.68 Å². The van der Waals surface area contributed by atoms with Crippen LogP contribution in [0, 0.1) is 5.92 Å². The van der Waals surface area contributed by atoms with E-state index in [1.807, 2.05) is 4.68 Å². The Labute approximate surface area is 94.5 Å². The molecular weight excluding hydrogens is 206 g/mol. The third-order valence-electron chi connectivity index (χ3n) is 3.10. The maximum atomic E-state index is 10.7. The number of hydrogen-bond acceptors (Lipinski definition) is 3. The lowest BCUT2D eigenvalue weighted by Gasteiger charge is -2.21. The first-order valence-corrected chi connectivity index (χ1v) is 5.72. The van der Waals surface area contributed by atoms with Crippen LogP contribution < -0.4 is 0 Å². The minimum Gasteiger partial charge on any atom is -0.481 e. The first kappa shape index (κ1) is 11.1. The van der Waals surface area contributed by atoms with Gasteiger partial charge < -0.3 is 5.11 Å². The summed E-state index contributed by atoms with van der Waals surface area (Å²) in [5.41, 5.74) is 2.18. The number of hydrogen-bond donors (Lipinski definition) is 1. The number of aliphatic carboxylic acids is 1. The van der Waals surface area contributed by atoms with Crippen molar-refractivity contribution in [2.24, 2.45) is 5.92 Å². The van der Waals surface area contributed by atoms with Crippen molar-refractivity contribution >= 4 is 5.97 Å². The van der Waals surface area contributed by atoms with Crippen LogP contribution in [0.2, 0.25) is 0 Å². The number of carboxylic acid groups (broad SMARTS) is 1. The molecule has 1 aromatic heterocycles. The molecule has 0 aliphatic heterocycles. The van der Waals surface area contributed by atoms with Crippen LogP contribution >= 0.6 is 0 Å². The molecule has 1 aliphatic carbocycles. The topological polar surface area (TPSA) is 68.0 Å². The molecule has 88 valence electrons. The lowest BCUT2D eigenvalue weighted by molar-refractivity contribution is -0.138. The maximum absolute atomic E-state index is 10.7. The van der Waals surface area contributed by atoms with Gasteiger partial charge in [0, 0.05) is 12.5 Å². The molecule has 0 saturated heterocycles. The Morgan fingerprint density at radius 2 is 2.38 bits per heavy atom. The van der Waals surface area contributed by atoms with Gasteiger partial charge in [-0.1, -0.05) is 5.21 Å². The largest absolute Gasteiger partial charge is 0.481 e. The maximum Gasteiger partial charge on any atom is 0.303 e. The van der Waals surface area contributed by atoms with Gasteiger partial charge in [0.1, 0.15) is 0 Å². The Bertz CT molecular complexity index is 398. The number of carboxylic acids is 1. The first-order chi connectivity index (χ1) is 7.58. The van der Waals surface area contributed by atoms with Crippen molar-refractivity contribution in [3.05, 3.63) is 11.4 Å². The lowest BCUT2D eigenvalue weighted by atomic mass is 9.87. The minimum atomic E-state index is -0.711. The van der Waals surface area contributed by atoms with Crippen LogP contribution in [0.25, 0.3) is 0 Å². The summed E-state index contributed by atoms with van der Waals surface area (Å²) in [6.07, 6.45) is 2.83. The van der Waals surface area contributed by atoms with Gasteiger partial charge in [0.15, 0.2) is 0 Å². The molecule has 1 heterocycles. The van der Waals surface area contributed by atoms with Gasteiger partial charge in [-0.15, -0.1) is 5.10 Å². The fourth-order valence-corrected chi connectivity index (χ4v) is 2.30. The number of aryl methyl sites for hydroxylation is 1. The summed E-state index contributed by atoms with van der Waals surface area (Å²) in [6, 6.07) is 0.292. The first-order valence-electron chi connectivity index (χ1n) is 5.72. The highest BCUT2D eigenvalue weighted by molar-refractivity contribution is 5.67. The Kier molecular flexibility index (Phi) is 2.94. The van der Waals surface area contributed by atoms with Crippen LogP contribution in [0.5, 0.6) is 0 Å². The number of rotatable bonds is 3. The zero-order chi connectivity index (χ0) is 11.7. The molecule has 5 nitrogen and oxygen atoms in total. The molecule has 0 bridgehead atoms. The molecule has 1 aliphatic rings. The van der Waals surface area contributed by atoms with E-state index in [9.17, 15) is 4.79 Å². The summed E-state index contributed by atoms with van der Waals surface area (Å²) in [5, 5.41) is 17.1. The third kappa shape index (κ3) is 2.08. The summed E-state index contributed by atoms with van der Waals surface area (Å²) in [4.78, 5) is 10.7. The molecule has 0 radical (unpaired) electrons. The van der Waals surface area contributed by atoms with Gasteiger partial charge in [-0.05, 0) is 39.0 Å². The van der Waals surface area contributed by atoms with Crippen LogP contribution in [0.3, 0.4) is 0 Å². The lowest BCUT2D eigenvalue weighted by Crippen LogP contribution is -2.20. The van der Waals surface area contributed by atoms with Crippen LogP contribution in [0.15, 0.2) is 0 Å². The Hall–Kier alpha value is -1.39. The smallest absolute Gasteiger partial charge is 0.303 e. The van der Waals surface area contributed by atoms with Gasteiger partial charge in [-0.2, -0.15) is 0 Å². The molecular formula is C11H17N3O2. The standard InChI is InChI=1S/C11H17N3O2/c1-7(2)14-10-5-8(6-11(15)16)3-4-9(10)12-13-14/h7-8H,3-6H2,1-2H3,(H,15,16). The zero-order valence-corrected chi connectivity index (χ0v) is 9.68. The number of aromatic nitrogens is 3. The van der Waals surface area contributed by atoms with E-state index >= 15 is 0 Å². The van der Waals surface area contributed by atoms with Crippen molar-refractivity contribution in [2.75, 3.05) is 0 Å². The molecule has 1 unspecified atom stereocenters. The molecule has 0 amide bonds. The minimum absolute atomic E-state index is 0.237. The highest BCUT2D eigenvalue weighted by Gasteiger charge is 2.26. The number of carbonyl (C=O) groups is 1. The van der Waals surface area contributed by atoms with Gasteiger partial charge in [0.2, 0.25) is 0 Å². The SMILES string of the molecule is CC(C)n1nnc2c1CC(CC(=O)O)CC2. The third-order valence-corrected chi connectivity index (χ3v) is 3.10. The number of nitrogens with zero attached hydrogens (tertiary/aromatic N) is 3. The monoisotopic (exact) mass is 223 g/mol. The summed E-state index contributed by atoms with van der Waals surface area (Å²) in [6.45, 7) is 4.13. The molecule has 0 spiro atoms. The van der Waals surface area contributed by atoms with Crippen LogP contribution in [0.1, 0.15) is 44.1 Å². The van der Waals surface area contributed by atoms with Gasteiger partial charge in [-0.3, -0.25) is 4.79 Å². The second-order valence-corrected chi connectivity index (χ2v) is 4.73. The van der Waals surface area contributed by atoms with Crippen molar-refractivity contribution in [2.45, 2.75) is 45.6 Å². The van der Waals surface area contributed by atoms with Crippen LogP contribution in [-0.4, -0.2) is 26.1 Å². The molecule has 1 N–H and O–H groups in total. The van der Waals surface area contributed by atoms with Gasteiger partial charge in [0.05, 0.1) is 11.4 Å².